The predicted octanol–water partition coefficient (Wildman–Crippen LogP) is 4.59. The van der Waals surface area contributed by atoms with E-state index in [0.717, 1.165) is 47.5 Å². The molecule has 13 nitrogen and oxygen atoms in total. The number of anilines is 2. The van der Waals surface area contributed by atoms with Crippen molar-refractivity contribution in [2.24, 2.45) is 5.92 Å². The van der Waals surface area contributed by atoms with Crippen LogP contribution in [0.5, 0.6) is 0 Å². The van der Waals surface area contributed by atoms with Gasteiger partial charge in [-0.2, -0.15) is 18.3 Å². The standard InChI is InChI=1S/C32H33Cl2F3N10O3/c1-47(2)11-5-18(6-12-47)30(49)44-7-9-45(10-8-44)31(50)20-4-3-19(13-22(20)33)41-29(48)28-40-16-25(42-28)21-17-46(43-27(21)32(35,36)37)26-14-23(34)24(38)15-39-26/h3-4,13-18H,5-12,38H2,1-2H3,(H-,40,41,42,48,50)/p+1. The van der Waals surface area contributed by atoms with Crippen LogP contribution in [-0.2, 0) is 11.0 Å². The Balaban J connectivity index is 1.09. The summed E-state index contributed by atoms with van der Waals surface area (Å²) in [5.41, 5.74) is 4.51. The number of pyridine rings is 1. The van der Waals surface area contributed by atoms with Gasteiger partial charge in [-0.1, -0.05) is 23.2 Å². The second kappa shape index (κ2) is 13.6. The number of piperidine rings is 1. The van der Waals surface area contributed by atoms with Crippen LogP contribution >= 0.6 is 23.2 Å². The van der Waals surface area contributed by atoms with Crippen LogP contribution in [0, 0.1) is 5.92 Å². The van der Waals surface area contributed by atoms with Crippen molar-refractivity contribution in [2.45, 2.75) is 19.0 Å². The van der Waals surface area contributed by atoms with E-state index < -0.39 is 17.8 Å². The molecule has 0 atom stereocenters. The van der Waals surface area contributed by atoms with Gasteiger partial charge in [0.25, 0.3) is 11.8 Å². The summed E-state index contributed by atoms with van der Waals surface area (Å²) in [5, 5.41) is 6.40. The summed E-state index contributed by atoms with van der Waals surface area (Å²) in [6.45, 7) is 3.54. The molecule has 0 saturated carbocycles. The van der Waals surface area contributed by atoms with Gasteiger partial charge in [-0.3, -0.25) is 14.4 Å². The van der Waals surface area contributed by atoms with Crippen molar-refractivity contribution < 1.29 is 32.0 Å². The molecular formula is C32H34Cl2F3N10O3+. The van der Waals surface area contributed by atoms with E-state index in [4.69, 9.17) is 28.9 Å². The maximum atomic E-state index is 13.9. The van der Waals surface area contributed by atoms with Crippen LogP contribution in [0.1, 0.15) is 39.5 Å². The first-order chi connectivity index (χ1) is 23.6. The number of carbonyl (C=O) groups is 3. The number of carbonyl (C=O) groups excluding carboxylic acids is 3. The lowest BCUT2D eigenvalue weighted by molar-refractivity contribution is -0.895. The number of nitrogens with two attached hydrogens (primary N) is 1. The molecule has 0 bridgehead atoms. The van der Waals surface area contributed by atoms with E-state index in [0.29, 0.717) is 26.2 Å². The molecule has 2 aliphatic rings. The average molecular weight is 735 g/mol. The maximum Gasteiger partial charge on any atom is 0.435 e. The molecule has 264 valence electrons. The molecule has 2 saturated heterocycles. The summed E-state index contributed by atoms with van der Waals surface area (Å²) >= 11 is 12.5. The first-order valence-electron chi connectivity index (χ1n) is 15.7. The van der Waals surface area contributed by atoms with E-state index in [1.54, 1.807) is 4.90 Å². The Morgan fingerprint density at radius 3 is 2.30 bits per heavy atom. The van der Waals surface area contributed by atoms with Crippen LogP contribution in [0.25, 0.3) is 17.1 Å². The highest BCUT2D eigenvalue weighted by molar-refractivity contribution is 6.34. The molecular weight excluding hydrogens is 700 g/mol. The largest absolute Gasteiger partial charge is 0.435 e. The Morgan fingerprint density at radius 2 is 1.66 bits per heavy atom. The van der Waals surface area contributed by atoms with Crippen molar-refractivity contribution >= 4 is 52.3 Å². The fourth-order valence-electron chi connectivity index (χ4n) is 6.06. The number of nitrogen functional groups attached to an aromatic ring is 1. The van der Waals surface area contributed by atoms with E-state index in [9.17, 15) is 27.6 Å². The number of benzene rings is 1. The zero-order valence-electron chi connectivity index (χ0n) is 27.1. The van der Waals surface area contributed by atoms with Crippen molar-refractivity contribution in [3.05, 3.63) is 70.0 Å². The molecule has 4 aromatic rings. The Kier molecular flexibility index (Phi) is 9.54. The number of rotatable bonds is 6. The van der Waals surface area contributed by atoms with Crippen LogP contribution < -0.4 is 11.1 Å². The topological polar surface area (TPSA) is 155 Å². The predicted molar refractivity (Wildman–Crippen MR) is 180 cm³/mol. The second-order valence-corrected chi connectivity index (χ2v) is 13.8. The zero-order chi connectivity index (χ0) is 36.0. The van der Waals surface area contributed by atoms with E-state index >= 15 is 0 Å². The lowest BCUT2D eigenvalue weighted by Crippen LogP contribution is -2.54. The van der Waals surface area contributed by atoms with Gasteiger partial charge in [0.05, 0.1) is 72.1 Å². The summed E-state index contributed by atoms with van der Waals surface area (Å²) in [7, 11) is 4.34. The molecule has 5 heterocycles. The SMILES string of the molecule is C[N+]1(C)CCC(C(=O)N2CCN(C(=O)c3ccc(NC(=O)c4ncc(-c5cn(-c6cc(Cl)c(N)cn6)nc5C(F)(F)F)[nH]4)cc3Cl)CC2)CC1. The number of aromatic nitrogens is 5. The third-order valence-corrected chi connectivity index (χ3v) is 9.66. The molecule has 0 radical (unpaired) electrons. The van der Waals surface area contributed by atoms with Gasteiger partial charge in [0.2, 0.25) is 5.91 Å². The molecule has 18 heteroatoms. The summed E-state index contributed by atoms with van der Waals surface area (Å²) < 4.78 is 43.6. The Morgan fingerprint density at radius 1 is 0.980 bits per heavy atom. The quantitative estimate of drug-likeness (QED) is 0.245. The smallest absolute Gasteiger partial charge is 0.396 e. The lowest BCUT2D eigenvalue weighted by atomic mass is 9.94. The number of quaternary nitrogens is 1. The number of nitrogens with zero attached hydrogens (tertiary/aromatic N) is 7. The van der Waals surface area contributed by atoms with Crippen molar-refractivity contribution in [1.82, 2.24) is 34.5 Å². The minimum Gasteiger partial charge on any atom is -0.396 e. The molecule has 50 heavy (non-hydrogen) atoms. The third-order valence-electron chi connectivity index (χ3n) is 9.02. The normalized spacial score (nSPS) is 16.8. The highest BCUT2D eigenvalue weighted by atomic mass is 35.5. The Hall–Kier alpha value is -4.67. The van der Waals surface area contributed by atoms with E-state index in [1.807, 2.05) is 4.90 Å². The molecule has 4 N–H and O–H groups in total. The number of halogens is 5. The minimum atomic E-state index is -4.85. The number of piperazine rings is 1. The molecule has 3 aromatic heterocycles. The van der Waals surface area contributed by atoms with Gasteiger partial charge < -0.3 is 30.3 Å². The maximum absolute atomic E-state index is 13.9. The highest BCUT2D eigenvalue weighted by Crippen LogP contribution is 2.36. The van der Waals surface area contributed by atoms with Crippen LogP contribution in [0.2, 0.25) is 10.0 Å². The van der Waals surface area contributed by atoms with Crippen LogP contribution in [-0.4, -0.2) is 110 Å². The zero-order valence-corrected chi connectivity index (χ0v) is 28.6. The van der Waals surface area contributed by atoms with Crippen molar-refractivity contribution in [1.29, 1.82) is 0 Å². The third kappa shape index (κ3) is 7.41. The Labute approximate surface area is 294 Å². The van der Waals surface area contributed by atoms with Crippen molar-refractivity contribution in [3.8, 4) is 17.1 Å². The number of H-pyrrole nitrogens is 1. The molecule has 2 aliphatic heterocycles. The van der Waals surface area contributed by atoms with Gasteiger partial charge in [0.15, 0.2) is 17.3 Å². The van der Waals surface area contributed by atoms with Gasteiger partial charge in [-0.15, -0.1) is 0 Å². The minimum absolute atomic E-state index is 0.00647. The average Bonchev–Trinajstić information content (AvgIpc) is 3.74. The number of hydrogen-bond donors (Lipinski definition) is 3. The first kappa shape index (κ1) is 35.2. The van der Waals surface area contributed by atoms with Crippen LogP contribution in [0.3, 0.4) is 0 Å². The van der Waals surface area contributed by atoms with Crippen LogP contribution in [0.4, 0.5) is 24.5 Å². The number of alkyl halides is 3. The Bertz CT molecular complexity index is 1940. The molecule has 0 spiro atoms. The lowest BCUT2D eigenvalue weighted by Gasteiger charge is -2.40. The highest BCUT2D eigenvalue weighted by Gasteiger charge is 2.39. The molecule has 1 aromatic carbocycles. The van der Waals surface area contributed by atoms with Gasteiger partial charge >= 0.3 is 6.18 Å². The second-order valence-electron chi connectivity index (χ2n) is 13.0. The number of amides is 3. The number of nitrogens with one attached hydrogen (secondary N) is 2. The monoisotopic (exact) mass is 733 g/mol. The van der Waals surface area contributed by atoms with Gasteiger partial charge in [-0.05, 0) is 18.2 Å². The number of imidazole rings is 1. The van der Waals surface area contributed by atoms with Crippen LogP contribution in [0.15, 0.2) is 42.9 Å². The van der Waals surface area contributed by atoms with E-state index in [-0.39, 0.29) is 67.6 Å². The summed E-state index contributed by atoms with van der Waals surface area (Å²) in [4.78, 5) is 53.4. The molecule has 6 rings (SSSR count). The summed E-state index contributed by atoms with van der Waals surface area (Å²) in [6, 6.07) is 5.63. The van der Waals surface area contributed by atoms with Crippen molar-refractivity contribution in [2.75, 3.05) is 64.4 Å². The number of aromatic amines is 1. The van der Waals surface area contributed by atoms with Crippen molar-refractivity contribution in [3.63, 3.8) is 0 Å². The van der Waals surface area contributed by atoms with E-state index in [1.165, 1.54) is 30.5 Å². The van der Waals surface area contributed by atoms with Gasteiger partial charge in [0.1, 0.15) is 0 Å². The van der Waals surface area contributed by atoms with Gasteiger partial charge in [0, 0.05) is 62.9 Å². The first-order valence-corrected chi connectivity index (χ1v) is 16.5. The molecule has 2 fully saturated rings. The number of hydrogen-bond acceptors (Lipinski definition) is 7. The summed E-state index contributed by atoms with van der Waals surface area (Å²) in [5.74, 6) is -1.19. The summed E-state index contributed by atoms with van der Waals surface area (Å²) in [6.07, 6.45) is 0.215. The fourth-order valence-corrected chi connectivity index (χ4v) is 6.46. The molecule has 0 aliphatic carbocycles. The molecule has 3 amide bonds. The fraction of sp³-hybridized carbons (Fsp3) is 0.375. The number of likely N-dealkylation sites (tertiary alicyclic amines) is 1. The molecule has 0 unspecified atom stereocenters. The van der Waals surface area contributed by atoms with Gasteiger partial charge in [-0.25, -0.2) is 14.6 Å². The van der Waals surface area contributed by atoms with E-state index in [2.05, 4.69) is 39.5 Å².